The second kappa shape index (κ2) is 12.4. The summed E-state index contributed by atoms with van der Waals surface area (Å²) < 4.78 is 0. The highest BCUT2D eigenvalue weighted by molar-refractivity contribution is 6.00. The number of nitrogens with zero attached hydrogens (tertiary/aromatic N) is 4. The largest absolute Gasteiger partial charge is 0.388 e. The molecule has 0 aromatic heterocycles. The molecule has 0 aliphatic rings. The Hall–Kier alpha value is -4.26. The van der Waals surface area contributed by atoms with Crippen molar-refractivity contribution in [3.05, 3.63) is 89.0 Å². The number of Topliss-reactive ketones (excluding diaryl/α,β-unsaturated/α-hetero) is 2. The fraction of sp³-hybridized carbons (Fsp3) is 0.241. The highest BCUT2D eigenvalue weighted by atomic mass is 16.1. The van der Waals surface area contributed by atoms with E-state index in [1.807, 2.05) is 112 Å². The van der Waals surface area contributed by atoms with E-state index in [1.54, 1.807) is 12.4 Å². The number of carbonyl (C=O) groups is 2. The van der Waals surface area contributed by atoms with Crippen LogP contribution in [0.4, 0.5) is 17.1 Å². The molecule has 0 saturated heterocycles. The molecule has 0 heterocycles. The maximum atomic E-state index is 12.5. The SMILES string of the molecule is CNc1cc(C=NCC(=O)c2ccc(N(C)C)cc2)cc(C=NCC(=O)c2ccc(N(C)C)cc2)c1. The Morgan fingerprint density at radius 2 is 1.08 bits per heavy atom. The Morgan fingerprint density at radius 1 is 0.694 bits per heavy atom. The number of carbonyl (C=O) groups excluding carboxylic acids is 2. The van der Waals surface area contributed by atoms with Crippen molar-refractivity contribution in [3.63, 3.8) is 0 Å². The van der Waals surface area contributed by atoms with Gasteiger partial charge in [-0.2, -0.15) is 0 Å². The fourth-order valence-corrected chi connectivity index (χ4v) is 3.51. The lowest BCUT2D eigenvalue weighted by Crippen LogP contribution is -2.09. The van der Waals surface area contributed by atoms with Crippen LogP contribution in [0.5, 0.6) is 0 Å². The molecule has 0 aliphatic heterocycles. The smallest absolute Gasteiger partial charge is 0.184 e. The van der Waals surface area contributed by atoms with Crippen LogP contribution in [0, 0.1) is 0 Å². The molecule has 1 N–H and O–H groups in total. The van der Waals surface area contributed by atoms with Crippen LogP contribution < -0.4 is 15.1 Å². The van der Waals surface area contributed by atoms with Crippen LogP contribution in [0.2, 0.25) is 0 Å². The lowest BCUT2D eigenvalue weighted by Gasteiger charge is -2.12. The van der Waals surface area contributed by atoms with E-state index in [9.17, 15) is 9.59 Å². The number of benzene rings is 3. The van der Waals surface area contributed by atoms with Crippen molar-refractivity contribution in [1.82, 2.24) is 0 Å². The third kappa shape index (κ3) is 7.37. The Bertz CT molecular complexity index is 1150. The van der Waals surface area contributed by atoms with E-state index in [0.717, 1.165) is 28.2 Å². The van der Waals surface area contributed by atoms with Gasteiger partial charge in [0.25, 0.3) is 0 Å². The van der Waals surface area contributed by atoms with Crippen LogP contribution in [-0.2, 0) is 0 Å². The van der Waals surface area contributed by atoms with Gasteiger partial charge in [0.15, 0.2) is 11.6 Å². The summed E-state index contributed by atoms with van der Waals surface area (Å²) in [4.78, 5) is 37.6. The van der Waals surface area contributed by atoms with E-state index < -0.39 is 0 Å². The zero-order valence-electron chi connectivity index (χ0n) is 21.5. The van der Waals surface area contributed by atoms with Crippen molar-refractivity contribution >= 4 is 41.1 Å². The van der Waals surface area contributed by atoms with Gasteiger partial charge < -0.3 is 15.1 Å². The van der Waals surface area contributed by atoms with Crippen molar-refractivity contribution in [1.29, 1.82) is 0 Å². The zero-order chi connectivity index (χ0) is 26.1. The average Bonchev–Trinajstić information content (AvgIpc) is 2.88. The predicted octanol–water partition coefficient (Wildman–Crippen LogP) is 4.46. The van der Waals surface area contributed by atoms with Crippen molar-refractivity contribution < 1.29 is 9.59 Å². The van der Waals surface area contributed by atoms with E-state index >= 15 is 0 Å². The highest BCUT2D eigenvalue weighted by Crippen LogP contribution is 2.15. The summed E-state index contributed by atoms with van der Waals surface area (Å²) in [6.07, 6.45) is 3.36. The first-order valence-corrected chi connectivity index (χ1v) is 11.7. The average molecular weight is 484 g/mol. The maximum Gasteiger partial charge on any atom is 0.184 e. The van der Waals surface area contributed by atoms with Crippen LogP contribution >= 0.6 is 0 Å². The van der Waals surface area contributed by atoms with Gasteiger partial charge in [0.1, 0.15) is 13.1 Å². The van der Waals surface area contributed by atoms with Gasteiger partial charge in [-0.25, -0.2) is 0 Å². The molecule has 0 aliphatic carbocycles. The lowest BCUT2D eigenvalue weighted by atomic mass is 10.1. The lowest BCUT2D eigenvalue weighted by molar-refractivity contribution is 0.0994. The van der Waals surface area contributed by atoms with Crippen molar-refractivity contribution in [2.24, 2.45) is 9.98 Å². The Kier molecular flexibility index (Phi) is 9.11. The van der Waals surface area contributed by atoms with E-state index in [1.165, 1.54) is 0 Å². The Morgan fingerprint density at radius 3 is 1.42 bits per heavy atom. The number of hydrogen-bond acceptors (Lipinski definition) is 7. The zero-order valence-corrected chi connectivity index (χ0v) is 21.5. The predicted molar refractivity (Wildman–Crippen MR) is 151 cm³/mol. The number of hydrogen-bond donors (Lipinski definition) is 1. The summed E-state index contributed by atoms with van der Waals surface area (Å²) in [5, 5.41) is 3.12. The van der Waals surface area contributed by atoms with Gasteiger partial charge in [-0.1, -0.05) is 0 Å². The molecule has 186 valence electrons. The van der Waals surface area contributed by atoms with Gasteiger partial charge in [-0.05, 0) is 77.9 Å². The summed E-state index contributed by atoms with van der Waals surface area (Å²) >= 11 is 0. The second-order valence-electron chi connectivity index (χ2n) is 8.81. The first-order chi connectivity index (χ1) is 17.3. The third-order valence-electron chi connectivity index (χ3n) is 5.63. The van der Waals surface area contributed by atoms with Gasteiger partial charge in [0.05, 0.1) is 0 Å². The first-order valence-electron chi connectivity index (χ1n) is 11.7. The summed E-state index contributed by atoms with van der Waals surface area (Å²) in [5.74, 6) is -0.0829. The number of anilines is 3. The molecule has 0 spiro atoms. The summed E-state index contributed by atoms with van der Waals surface area (Å²) in [7, 11) is 9.67. The normalized spacial score (nSPS) is 11.1. The molecule has 0 atom stereocenters. The van der Waals surface area contributed by atoms with Gasteiger partial charge in [-0.3, -0.25) is 19.6 Å². The summed E-state index contributed by atoms with van der Waals surface area (Å²) in [5.41, 5.74) is 5.91. The maximum absolute atomic E-state index is 12.5. The molecule has 3 rings (SSSR count). The van der Waals surface area contributed by atoms with Crippen LogP contribution in [-0.4, -0.2) is 72.3 Å². The molecule has 0 unspecified atom stereocenters. The molecule has 0 fully saturated rings. The summed E-state index contributed by atoms with van der Waals surface area (Å²) in [6.45, 7) is 0.130. The van der Waals surface area contributed by atoms with Crippen LogP contribution in [0.15, 0.2) is 76.7 Å². The third-order valence-corrected chi connectivity index (χ3v) is 5.63. The Labute approximate surface area is 213 Å². The van der Waals surface area contributed by atoms with E-state index in [4.69, 9.17) is 0 Å². The van der Waals surface area contributed by atoms with Crippen LogP contribution in [0.25, 0.3) is 0 Å². The topological polar surface area (TPSA) is 77.4 Å². The quantitative estimate of drug-likeness (QED) is 0.322. The van der Waals surface area contributed by atoms with Crippen molar-refractivity contribution in [2.75, 3.05) is 63.4 Å². The monoisotopic (exact) mass is 483 g/mol. The molecule has 7 nitrogen and oxygen atoms in total. The van der Waals surface area contributed by atoms with Crippen molar-refractivity contribution in [2.45, 2.75) is 0 Å². The molecule has 0 saturated carbocycles. The molecular weight excluding hydrogens is 450 g/mol. The van der Waals surface area contributed by atoms with Gasteiger partial charge in [0.2, 0.25) is 0 Å². The molecule has 0 bridgehead atoms. The minimum Gasteiger partial charge on any atom is -0.388 e. The fourth-order valence-electron chi connectivity index (χ4n) is 3.51. The Balaban J connectivity index is 1.63. The number of aliphatic imine (C=N–C) groups is 2. The minimum atomic E-state index is -0.0414. The van der Waals surface area contributed by atoms with Gasteiger partial charge >= 0.3 is 0 Å². The van der Waals surface area contributed by atoms with E-state index in [-0.39, 0.29) is 24.7 Å². The number of rotatable bonds is 11. The molecule has 3 aromatic carbocycles. The molecular formula is C29H33N5O2. The number of nitrogens with one attached hydrogen (secondary N) is 1. The first kappa shape index (κ1) is 26.3. The highest BCUT2D eigenvalue weighted by Gasteiger charge is 2.07. The van der Waals surface area contributed by atoms with Crippen LogP contribution in [0.1, 0.15) is 31.8 Å². The summed E-state index contributed by atoms with van der Waals surface area (Å²) in [6, 6.07) is 20.8. The standard InChI is InChI=1S/C29H33N5O2/c1-30-25-15-21(17-31-19-28(35)23-6-10-26(11-7-23)33(2)3)14-22(16-25)18-32-20-29(36)24-8-12-27(13-9-24)34(4)5/h6-18,30H,19-20H2,1-5H3. The molecule has 3 aromatic rings. The molecule has 0 amide bonds. The van der Waals surface area contributed by atoms with Crippen LogP contribution in [0.3, 0.4) is 0 Å². The van der Waals surface area contributed by atoms with E-state index in [2.05, 4.69) is 15.3 Å². The van der Waals surface area contributed by atoms with Gasteiger partial charge in [-0.15, -0.1) is 0 Å². The number of ketones is 2. The van der Waals surface area contributed by atoms with Gasteiger partial charge in [0, 0.05) is 75.9 Å². The van der Waals surface area contributed by atoms with E-state index in [0.29, 0.717) is 11.1 Å². The van der Waals surface area contributed by atoms with Crippen molar-refractivity contribution in [3.8, 4) is 0 Å². The minimum absolute atomic E-state index is 0.0414. The molecule has 0 radical (unpaired) electrons. The molecule has 36 heavy (non-hydrogen) atoms. The second-order valence-corrected chi connectivity index (χ2v) is 8.81. The molecule has 7 heteroatoms.